The van der Waals surface area contributed by atoms with E-state index in [0.717, 1.165) is 22.7 Å². The van der Waals surface area contributed by atoms with Gasteiger partial charge in [0, 0.05) is 11.4 Å². The lowest BCUT2D eigenvalue weighted by Gasteiger charge is -2.14. The van der Waals surface area contributed by atoms with Gasteiger partial charge in [-0.2, -0.15) is 0 Å². The number of ether oxygens (including phenoxy) is 2. The lowest BCUT2D eigenvalue weighted by molar-refractivity contribution is -0.115. The third kappa shape index (κ3) is 5.58. The fourth-order valence-corrected chi connectivity index (χ4v) is 4.18. The number of para-hydroxylation sites is 2. The Kier molecular flexibility index (Phi) is 7.49. The molecule has 174 valence electrons. The van der Waals surface area contributed by atoms with Crippen LogP contribution in [0, 0.1) is 6.92 Å². The predicted molar refractivity (Wildman–Crippen MR) is 134 cm³/mol. The largest absolute Gasteiger partial charge is 0.497 e. The molecule has 0 aliphatic heterocycles. The number of carbonyl (C=O) groups excluding carboxylic acids is 1. The van der Waals surface area contributed by atoms with Crippen LogP contribution in [0.2, 0.25) is 0 Å². The highest BCUT2D eigenvalue weighted by Gasteiger charge is 2.21. The Labute approximate surface area is 203 Å². The molecule has 1 N–H and O–H groups in total. The molecule has 4 rings (SSSR count). The number of rotatable bonds is 9. The molecule has 0 spiro atoms. The molecule has 1 unspecified atom stereocenters. The molecular formula is C26H26N4O3S. The van der Waals surface area contributed by atoms with Crippen molar-refractivity contribution in [3.63, 3.8) is 0 Å². The van der Waals surface area contributed by atoms with Gasteiger partial charge in [0.15, 0.2) is 11.0 Å². The van der Waals surface area contributed by atoms with Crippen LogP contribution in [0.4, 0.5) is 5.69 Å². The maximum absolute atomic E-state index is 12.8. The number of amides is 1. The van der Waals surface area contributed by atoms with Gasteiger partial charge < -0.3 is 14.8 Å². The van der Waals surface area contributed by atoms with E-state index < -0.39 is 5.25 Å². The van der Waals surface area contributed by atoms with Gasteiger partial charge in [0.05, 0.1) is 12.4 Å². The molecule has 0 fully saturated rings. The quantitative estimate of drug-likeness (QED) is 0.333. The van der Waals surface area contributed by atoms with Gasteiger partial charge in [-0.3, -0.25) is 9.36 Å². The van der Waals surface area contributed by atoms with Crippen molar-refractivity contribution in [2.24, 2.45) is 0 Å². The van der Waals surface area contributed by atoms with Crippen molar-refractivity contribution in [3.05, 3.63) is 90.3 Å². The monoisotopic (exact) mass is 474 g/mol. The lowest BCUT2D eigenvalue weighted by atomic mass is 10.2. The zero-order chi connectivity index (χ0) is 23.9. The highest BCUT2D eigenvalue weighted by Crippen LogP contribution is 2.28. The topological polar surface area (TPSA) is 78.3 Å². The highest BCUT2D eigenvalue weighted by molar-refractivity contribution is 8.00. The molecule has 1 atom stereocenters. The van der Waals surface area contributed by atoms with E-state index >= 15 is 0 Å². The van der Waals surface area contributed by atoms with Crippen LogP contribution in [0.3, 0.4) is 0 Å². The number of aromatic nitrogens is 3. The number of benzene rings is 3. The minimum Gasteiger partial charge on any atom is -0.497 e. The van der Waals surface area contributed by atoms with Crippen molar-refractivity contribution in [1.29, 1.82) is 0 Å². The summed E-state index contributed by atoms with van der Waals surface area (Å²) in [6.45, 7) is 4.10. The van der Waals surface area contributed by atoms with Gasteiger partial charge in [-0.05, 0) is 61.9 Å². The van der Waals surface area contributed by atoms with E-state index in [-0.39, 0.29) is 12.5 Å². The molecule has 0 aliphatic rings. The first-order valence-electron chi connectivity index (χ1n) is 10.8. The Morgan fingerprint density at radius 2 is 1.71 bits per heavy atom. The molecule has 0 bridgehead atoms. The van der Waals surface area contributed by atoms with E-state index in [1.165, 1.54) is 11.8 Å². The summed E-state index contributed by atoms with van der Waals surface area (Å²) < 4.78 is 13.1. The zero-order valence-electron chi connectivity index (χ0n) is 19.3. The maximum atomic E-state index is 12.8. The van der Waals surface area contributed by atoms with Crippen LogP contribution in [0.25, 0.3) is 5.69 Å². The van der Waals surface area contributed by atoms with Crippen molar-refractivity contribution in [2.45, 2.75) is 30.9 Å². The average Bonchev–Trinajstić information content (AvgIpc) is 3.26. The van der Waals surface area contributed by atoms with E-state index in [1.807, 2.05) is 85.1 Å². The van der Waals surface area contributed by atoms with Gasteiger partial charge in [0.25, 0.3) is 0 Å². The third-order valence-electron chi connectivity index (χ3n) is 5.17. The fraction of sp³-hybridized carbons (Fsp3) is 0.192. The van der Waals surface area contributed by atoms with E-state index in [1.54, 1.807) is 19.2 Å². The van der Waals surface area contributed by atoms with Crippen molar-refractivity contribution < 1.29 is 14.3 Å². The van der Waals surface area contributed by atoms with Gasteiger partial charge in [0.1, 0.15) is 18.1 Å². The SMILES string of the molecule is COc1ccc(NC(=O)C(C)Sc2nnc(COc3ccccc3C)n2-c2ccccc2)cc1. The van der Waals surface area contributed by atoms with Crippen molar-refractivity contribution in [1.82, 2.24) is 14.8 Å². The molecule has 7 nitrogen and oxygen atoms in total. The molecule has 4 aromatic rings. The number of carbonyl (C=O) groups is 1. The summed E-state index contributed by atoms with van der Waals surface area (Å²) in [6.07, 6.45) is 0. The lowest BCUT2D eigenvalue weighted by Crippen LogP contribution is -2.23. The highest BCUT2D eigenvalue weighted by atomic mass is 32.2. The number of aryl methyl sites for hydroxylation is 1. The first-order valence-corrected chi connectivity index (χ1v) is 11.7. The van der Waals surface area contributed by atoms with Crippen molar-refractivity contribution in [3.8, 4) is 17.2 Å². The number of anilines is 1. The summed E-state index contributed by atoms with van der Waals surface area (Å²) in [5.74, 6) is 2.05. The van der Waals surface area contributed by atoms with Crippen LogP contribution in [0.1, 0.15) is 18.3 Å². The minimum atomic E-state index is -0.404. The molecule has 0 aliphatic carbocycles. The molecule has 3 aromatic carbocycles. The summed E-state index contributed by atoms with van der Waals surface area (Å²) in [6, 6.07) is 24.9. The summed E-state index contributed by atoms with van der Waals surface area (Å²) in [4.78, 5) is 12.8. The molecule has 0 radical (unpaired) electrons. The molecular weight excluding hydrogens is 448 g/mol. The minimum absolute atomic E-state index is 0.129. The number of methoxy groups -OCH3 is 1. The smallest absolute Gasteiger partial charge is 0.237 e. The molecule has 8 heteroatoms. The normalized spacial score (nSPS) is 11.6. The molecule has 0 saturated carbocycles. The molecule has 1 amide bonds. The molecule has 1 aromatic heterocycles. The van der Waals surface area contributed by atoms with E-state index in [0.29, 0.717) is 16.7 Å². The number of hydrogen-bond acceptors (Lipinski definition) is 6. The first-order chi connectivity index (χ1) is 16.5. The Bertz CT molecular complexity index is 1240. The van der Waals surface area contributed by atoms with Crippen LogP contribution in [0.15, 0.2) is 84.0 Å². The van der Waals surface area contributed by atoms with E-state index in [9.17, 15) is 4.79 Å². The summed E-state index contributed by atoms with van der Waals surface area (Å²) in [7, 11) is 1.61. The van der Waals surface area contributed by atoms with Crippen LogP contribution in [-0.4, -0.2) is 33.0 Å². The van der Waals surface area contributed by atoms with Crippen LogP contribution >= 0.6 is 11.8 Å². The Morgan fingerprint density at radius 1 is 1.00 bits per heavy atom. The number of nitrogens with one attached hydrogen (secondary N) is 1. The second-order valence-electron chi connectivity index (χ2n) is 7.60. The van der Waals surface area contributed by atoms with Crippen LogP contribution in [0.5, 0.6) is 11.5 Å². The standard InChI is InChI=1S/C26H26N4O3S/c1-18-9-7-8-12-23(18)33-17-24-28-29-26(30(24)21-10-5-4-6-11-21)34-19(2)25(31)27-20-13-15-22(32-3)16-14-20/h4-16,19H,17H2,1-3H3,(H,27,31). The Morgan fingerprint density at radius 3 is 2.41 bits per heavy atom. The van der Waals surface area contributed by atoms with Gasteiger partial charge in [-0.15, -0.1) is 10.2 Å². The molecule has 1 heterocycles. The number of nitrogens with zero attached hydrogens (tertiary/aromatic N) is 3. The van der Waals surface area contributed by atoms with Gasteiger partial charge in [-0.25, -0.2) is 0 Å². The fourth-order valence-electron chi connectivity index (χ4n) is 3.30. The van der Waals surface area contributed by atoms with Gasteiger partial charge in [-0.1, -0.05) is 48.2 Å². The molecule has 0 saturated heterocycles. The Balaban J connectivity index is 1.52. The maximum Gasteiger partial charge on any atom is 0.237 e. The second-order valence-corrected chi connectivity index (χ2v) is 8.91. The average molecular weight is 475 g/mol. The van der Waals surface area contributed by atoms with E-state index in [2.05, 4.69) is 15.5 Å². The van der Waals surface area contributed by atoms with Crippen LogP contribution in [-0.2, 0) is 11.4 Å². The van der Waals surface area contributed by atoms with Crippen molar-refractivity contribution >= 4 is 23.4 Å². The van der Waals surface area contributed by atoms with E-state index in [4.69, 9.17) is 9.47 Å². The summed E-state index contributed by atoms with van der Waals surface area (Å²) in [5.41, 5.74) is 2.66. The second kappa shape index (κ2) is 10.9. The Hall–Kier alpha value is -3.78. The molecule has 34 heavy (non-hydrogen) atoms. The van der Waals surface area contributed by atoms with Crippen molar-refractivity contribution in [2.75, 3.05) is 12.4 Å². The summed E-state index contributed by atoms with van der Waals surface area (Å²) in [5, 5.41) is 11.9. The number of thioether (sulfide) groups is 1. The van der Waals surface area contributed by atoms with Gasteiger partial charge >= 0.3 is 0 Å². The number of hydrogen-bond donors (Lipinski definition) is 1. The predicted octanol–water partition coefficient (Wildman–Crippen LogP) is 5.28. The first kappa shape index (κ1) is 23.4. The van der Waals surface area contributed by atoms with Crippen LogP contribution < -0.4 is 14.8 Å². The zero-order valence-corrected chi connectivity index (χ0v) is 20.1. The third-order valence-corrected chi connectivity index (χ3v) is 6.22. The summed E-state index contributed by atoms with van der Waals surface area (Å²) >= 11 is 1.34. The van der Waals surface area contributed by atoms with Gasteiger partial charge in [0.2, 0.25) is 5.91 Å².